The van der Waals surface area contributed by atoms with Gasteiger partial charge in [0.1, 0.15) is 18.2 Å². The molecular weight excluding hydrogens is 458 g/mol. The Morgan fingerprint density at radius 2 is 1.71 bits per heavy atom. The van der Waals surface area contributed by atoms with E-state index in [4.69, 9.17) is 0 Å². The lowest BCUT2D eigenvalue weighted by Gasteiger charge is -2.34. The Balaban J connectivity index is 1.30. The molecule has 34 heavy (non-hydrogen) atoms. The van der Waals surface area contributed by atoms with Gasteiger partial charge in [0.2, 0.25) is 15.9 Å². The number of carbonyl (C=O) groups is 1. The predicted octanol–water partition coefficient (Wildman–Crippen LogP) is -0.150. The lowest BCUT2D eigenvalue weighted by Crippen LogP contribution is -2.53. The fraction of sp³-hybridized carbons (Fsp3) is 0.478. The van der Waals surface area contributed by atoms with Crippen LogP contribution in [0.2, 0.25) is 0 Å². The highest BCUT2D eigenvalue weighted by molar-refractivity contribution is 7.89. The molecule has 1 aromatic carbocycles. The highest BCUT2D eigenvalue weighted by atomic mass is 32.2. The number of piperazine rings is 1. The van der Waals surface area contributed by atoms with Crippen LogP contribution in [0.15, 0.2) is 32.7 Å². The maximum atomic E-state index is 13.1. The Morgan fingerprint density at radius 3 is 2.44 bits per heavy atom. The minimum Gasteiger partial charge on any atom is -0.338 e. The smallest absolute Gasteiger partial charge is 0.331 e. The molecule has 3 heterocycles. The molecular formula is C23H25N5O5S. The zero-order valence-electron chi connectivity index (χ0n) is 18.7. The number of sulfonamides is 1. The number of fused-ring (bicyclic) bond motifs is 2. The van der Waals surface area contributed by atoms with Crippen molar-refractivity contribution < 1.29 is 13.2 Å². The largest absolute Gasteiger partial charge is 0.338 e. The summed E-state index contributed by atoms with van der Waals surface area (Å²) in [6.07, 6.45) is 4.05. The molecule has 3 aliphatic rings. The van der Waals surface area contributed by atoms with Gasteiger partial charge in [-0.05, 0) is 55.4 Å². The number of amides is 1. The monoisotopic (exact) mass is 483 g/mol. The van der Waals surface area contributed by atoms with Crippen LogP contribution in [0.3, 0.4) is 0 Å². The fourth-order valence-electron chi connectivity index (χ4n) is 5.16. The molecule has 178 valence electrons. The molecule has 0 radical (unpaired) electrons. The Hall–Kier alpha value is -3.23. The summed E-state index contributed by atoms with van der Waals surface area (Å²) < 4.78 is 29.8. The number of nitriles is 1. The third-order valence-corrected chi connectivity index (χ3v) is 8.93. The molecule has 1 saturated heterocycles. The summed E-state index contributed by atoms with van der Waals surface area (Å²) in [6.45, 7) is 0.532. The van der Waals surface area contributed by atoms with E-state index in [0.29, 0.717) is 25.1 Å². The fourth-order valence-corrected chi connectivity index (χ4v) is 6.63. The van der Waals surface area contributed by atoms with Crippen molar-refractivity contribution in [3.8, 4) is 6.07 Å². The van der Waals surface area contributed by atoms with E-state index in [0.717, 1.165) is 29.4 Å². The summed E-state index contributed by atoms with van der Waals surface area (Å²) in [7, 11) is -3.67. The first-order valence-corrected chi connectivity index (χ1v) is 12.9. The summed E-state index contributed by atoms with van der Waals surface area (Å²) in [5.41, 5.74) is 1.31. The first-order chi connectivity index (χ1) is 16.3. The van der Waals surface area contributed by atoms with E-state index < -0.39 is 33.7 Å². The van der Waals surface area contributed by atoms with Gasteiger partial charge in [-0.1, -0.05) is 6.07 Å². The molecule has 2 aliphatic heterocycles. The number of aromatic nitrogens is 2. The van der Waals surface area contributed by atoms with Crippen LogP contribution in [0.4, 0.5) is 0 Å². The topological polar surface area (TPSA) is 125 Å². The summed E-state index contributed by atoms with van der Waals surface area (Å²) in [6, 6.07) is 7.17. The third kappa shape index (κ3) is 3.67. The molecule has 0 saturated carbocycles. The van der Waals surface area contributed by atoms with Gasteiger partial charge in [-0.3, -0.25) is 14.2 Å². The van der Waals surface area contributed by atoms with Crippen molar-refractivity contribution in [1.82, 2.24) is 18.3 Å². The van der Waals surface area contributed by atoms with Crippen LogP contribution in [-0.4, -0.2) is 58.8 Å². The van der Waals surface area contributed by atoms with Crippen molar-refractivity contribution in [3.63, 3.8) is 0 Å². The highest BCUT2D eigenvalue weighted by Gasteiger charge is 2.32. The van der Waals surface area contributed by atoms with Gasteiger partial charge in [0.25, 0.3) is 5.56 Å². The average Bonchev–Trinajstić information content (AvgIpc) is 3.51. The zero-order valence-corrected chi connectivity index (χ0v) is 19.5. The van der Waals surface area contributed by atoms with Crippen molar-refractivity contribution >= 4 is 15.9 Å². The van der Waals surface area contributed by atoms with Gasteiger partial charge < -0.3 is 4.90 Å². The summed E-state index contributed by atoms with van der Waals surface area (Å²) in [5.74, 6) is -0.448. The number of nitrogens with zero attached hydrogens (tertiary/aromatic N) is 5. The molecule has 5 rings (SSSR count). The van der Waals surface area contributed by atoms with E-state index in [-0.39, 0.29) is 36.6 Å². The van der Waals surface area contributed by atoms with Crippen LogP contribution in [0, 0.1) is 11.3 Å². The molecule has 0 N–H and O–H groups in total. The van der Waals surface area contributed by atoms with Gasteiger partial charge in [-0.15, -0.1) is 0 Å². The molecule has 1 aromatic heterocycles. The summed E-state index contributed by atoms with van der Waals surface area (Å²) in [4.78, 5) is 40.1. The quantitative estimate of drug-likeness (QED) is 0.596. The van der Waals surface area contributed by atoms with Crippen LogP contribution in [0.25, 0.3) is 0 Å². The van der Waals surface area contributed by atoms with E-state index in [9.17, 15) is 28.1 Å². The first kappa shape index (κ1) is 22.6. The second-order valence-electron chi connectivity index (χ2n) is 8.93. The van der Waals surface area contributed by atoms with Gasteiger partial charge in [-0.25, -0.2) is 17.8 Å². The number of carbonyl (C=O) groups excluding carboxylic acids is 1. The van der Waals surface area contributed by atoms with Crippen molar-refractivity contribution in [2.24, 2.45) is 0 Å². The van der Waals surface area contributed by atoms with Gasteiger partial charge in [-0.2, -0.15) is 9.57 Å². The zero-order chi connectivity index (χ0) is 24.0. The number of aryl methyl sites for hydroxylation is 2. The van der Waals surface area contributed by atoms with Gasteiger partial charge in [0, 0.05) is 38.4 Å². The Kier molecular flexibility index (Phi) is 5.65. The molecule has 1 aliphatic carbocycles. The molecule has 0 spiro atoms. The van der Waals surface area contributed by atoms with E-state index >= 15 is 0 Å². The Labute approximate surface area is 196 Å². The van der Waals surface area contributed by atoms with E-state index in [1.165, 1.54) is 19.3 Å². The minimum atomic E-state index is -3.67. The molecule has 10 nitrogen and oxygen atoms in total. The minimum absolute atomic E-state index is 0.0878. The first-order valence-electron chi connectivity index (χ1n) is 11.5. The van der Waals surface area contributed by atoms with Crippen LogP contribution < -0.4 is 11.2 Å². The summed E-state index contributed by atoms with van der Waals surface area (Å²) in [5, 5.41) is 9.40. The molecule has 1 amide bonds. The Morgan fingerprint density at radius 1 is 0.971 bits per heavy atom. The predicted molar refractivity (Wildman–Crippen MR) is 122 cm³/mol. The molecule has 0 unspecified atom stereocenters. The van der Waals surface area contributed by atoms with Crippen LogP contribution in [-0.2, 0) is 47.2 Å². The SMILES string of the molecule is N#Cc1c2n(c(=O)n(CC(=O)N3CCN(S(=O)(=O)c4ccc5c(c4)CCC5)CC3)c1=O)CCC2. The average molecular weight is 484 g/mol. The maximum Gasteiger partial charge on any atom is 0.331 e. The lowest BCUT2D eigenvalue weighted by atomic mass is 10.1. The van der Waals surface area contributed by atoms with Gasteiger partial charge >= 0.3 is 5.69 Å². The second-order valence-corrected chi connectivity index (χ2v) is 10.9. The van der Waals surface area contributed by atoms with Crippen molar-refractivity contribution in [3.05, 3.63) is 61.4 Å². The molecule has 2 aromatic rings. The highest BCUT2D eigenvalue weighted by Crippen LogP contribution is 2.26. The third-order valence-electron chi connectivity index (χ3n) is 7.03. The summed E-state index contributed by atoms with van der Waals surface area (Å²) >= 11 is 0. The normalized spacial score (nSPS) is 17.9. The van der Waals surface area contributed by atoms with Crippen LogP contribution in [0.1, 0.15) is 35.2 Å². The molecule has 11 heteroatoms. The second kappa shape index (κ2) is 8.52. The van der Waals surface area contributed by atoms with Crippen molar-refractivity contribution in [2.75, 3.05) is 26.2 Å². The van der Waals surface area contributed by atoms with E-state index in [2.05, 4.69) is 0 Å². The molecule has 1 fully saturated rings. The number of benzene rings is 1. The molecule has 0 atom stereocenters. The maximum absolute atomic E-state index is 13.1. The van der Waals surface area contributed by atoms with Gasteiger partial charge in [0.15, 0.2) is 0 Å². The lowest BCUT2D eigenvalue weighted by molar-refractivity contribution is -0.133. The van der Waals surface area contributed by atoms with Gasteiger partial charge in [0.05, 0.1) is 4.90 Å². The Bertz CT molecular complexity index is 1440. The van der Waals surface area contributed by atoms with E-state index in [1.807, 2.05) is 12.1 Å². The van der Waals surface area contributed by atoms with Crippen molar-refractivity contribution in [2.45, 2.75) is 50.1 Å². The van der Waals surface area contributed by atoms with Crippen LogP contribution >= 0.6 is 0 Å². The molecule has 0 bridgehead atoms. The van der Waals surface area contributed by atoms with Crippen molar-refractivity contribution in [1.29, 1.82) is 5.26 Å². The number of rotatable bonds is 4. The standard InChI is InChI=1S/C23H25N5O5S/c24-14-19-20-5-2-8-27(20)23(31)28(22(19)30)15-21(29)25-9-11-26(12-10-25)34(32,33)18-7-6-16-3-1-4-17(16)13-18/h6-7,13H,1-5,8-12,15H2. The number of hydrogen-bond donors (Lipinski definition) is 0. The van der Waals surface area contributed by atoms with Crippen LogP contribution in [0.5, 0.6) is 0 Å². The number of hydrogen-bond acceptors (Lipinski definition) is 6. The van der Waals surface area contributed by atoms with E-state index in [1.54, 1.807) is 12.1 Å².